The minimum atomic E-state index is -0.690. The van der Waals surface area contributed by atoms with Gasteiger partial charge in [0.1, 0.15) is 6.04 Å². The van der Waals surface area contributed by atoms with Crippen molar-refractivity contribution < 1.29 is 28.7 Å². The number of nitrogens with one attached hydrogen (secondary N) is 2. The molecule has 0 bridgehead atoms. The molecule has 10 heteroatoms. The van der Waals surface area contributed by atoms with Gasteiger partial charge in [0.2, 0.25) is 23.6 Å². The maximum absolute atomic E-state index is 14.0. The van der Waals surface area contributed by atoms with Crippen molar-refractivity contribution >= 4 is 23.6 Å². The second-order valence-electron chi connectivity index (χ2n) is 13.9. The molecule has 1 saturated heterocycles. The van der Waals surface area contributed by atoms with Crippen LogP contribution in [-0.2, 0) is 28.7 Å². The molecule has 0 aromatic carbocycles. The molecule has 1 heterocycles. The molecule has 1 aliphatic carbocycles. The molecule has 4 amide bonds. The highest BCUT2D eigenvalue weighted by Gasteiger charge is 2.42. The average molecular weight is 659 g/mol. The summed E-state index contributed by atoms with van der Waals surface area (Å²) in [4.78, 5) is 57.2. The standard InChI is InChI=1S/C37H62N4O6/c1-11-26(6)33(40(8)37(45)32(24(2)3)39-35(43)25(4)5)30(46-9)23-31(42)41-22-16-19-29(41)34(47-10)27(7)36(44)38-21-20-28-17-14-12-13-15-18-28/h12-15,17-18,24-30,32-34H,11,16,19-23H2,1-10H3,(H,38,44)(H,39,43)/t26-,27+,29-,30+,32+,33-,34+/m0/s1. The third kappa shape index (κ3) is 11.3. The van der Waals surface area contributed by atoms with Crippen LogP contribution in [0.4, 0.5) is 0 Å². The molecule has 1 fully saturated rings. The Morgan fingerprint density at radius 2 is 1.57 bits per heavy atom. The highest BCUT2D eigenvalue weighted by molar-refractivity contribution is 5.88. The Kier molecular flexibility index (Phi) is 16.9. The fourth-order valence-electron chi connectivity index (χ4n) is 6.68. The lowest BCUT2D eigenvalue weighted by molar-refractivity contribution is -0.147. The zero-order valence-electron chi connectivity index (χ0n) is 30.5. The number of carbonyl (C=O) groups is 4. The van der Waals surface area contributed by atoms with Crippen molar-refractivity contribution in [3.05, 3.63) is 36.5 Å². The Morgan fingerprint density at radius 1 is 0.936 bits per heavy atom. The van der Waals surface area contributed by atoms with Crippen LogP contribution >= 0.6 is 0 Å². The van der Waals surface area contributed by atoms with Crippen LogP contribution in [0.3, 0.4) is 0 Å². The van der Waals surface area contributed by atoms with Crippen molar-refractivity contribution in [3.8, 4) is 0 Å². The molecule has 0 aromatic rings. The quantitative estimate of drug-likeness (QED) is 0.224. The summed E-state index contributed by atoms with van der Waals surface area (Å²) in [6.45, 7) is 14.5. The topological polar surface area (TPSA) is 117 Å². The van der Waals surface area contributed by atoms with E-state index in [4.69, 9.17) is 9.47 Å². The lowest BCUT2D eigenvalue weighted by Gasteiger charge is -2.41. The fourth-order valence-corrected chi connectivity index (χ4v) is 6.68. The van der Waals surface area contributed by atoms with E-state index in [-0.39, 0.29) is 59.8 Å². The maximum Gasteiger partial charge on any atom is 0.245 e. The van der Waals surface area contributed by atoms with Crippen molar-refractivity contribution in [1.29, 1.82) is 0 Å². The molecule has 7 atom stereocenters. The fraction of sp³-hybridized carbons (Fsp3) is 0.730. The first kappa shape index (κ1) is 40.2. The second kappa shape index (κ2) is 19.7. The van der Waals surface area contributed by atoms with E-state index in [9.17, 15) is 19.2 Å². The van der Waals surface area contributed by atoms with Crippen LogP contribution in [0.25, 0.3) is 0 Å². The molecule has 1 aliphatic heterocycles. The van der Waals surface area contributed by atoms with E-state index in [0.717, 1.165) is 25.7 Å². The molecule has 2 N–H and O–H groups in total. The summed E-state index contributed by atoms with van der Waals surface area (Å²) in [5, 5.41) is 6.00. The van der Waals surface area contributed by atoms with Gasteiger partial charge in [0.15, 0.2) is 0 Å². The SMILES string of the molecule is CC[C@H](C)[C@@H]([C@@H](CC(=O)N1CCC[C@H]1[C@H](OC)[C@@H](C)C(=O)NCCC1C=CC=CC=C1)OC)N(C)C(=O)[C@H](NC(=O)C(C)C)C(C)C. The largest absolute Gasteiger partial charge is 0.379 e. The van der Waals surface area contributed by atoms with Crippen molar-refractivity contribution in [2.75, 3.05) is 34.4 Å². The molecular formula is C37H62N4O6. The van der Waals surface area contributed by atoms with Crippen LogP contribution in [0.2, 0.25) is 0 Å². The van der Waals surface area contributed by atoms with Crippen LogP contribution in [0.1, 0.15) is 80.6 Å². The van der Waals surface area contributed by atoms with Gasteiger partial charge in [0, 0.05) is 40.3 Å². The van der Waals surface area contributed by atoms with Gasteiger partial charge in [-0.05, 0) is 37.0 Å². The summed E-state index contributed by atoms with van der Waals surface area (Å²) in [6.07, 6.45) is 14.4. The van der Waals surface area contributed by atoms with Crippen LogP contribution in [-0.4, -0.2) is 98.1 Å². The number of likely N-dealkylation sites (N-methyl/N-ethyl adjacent to an activating group) is 1. The van der Waals surface area contributed by atoms with Gasteiger partial charge in [0.05, 0.1) is 36.6 Å². The number of ether oxygens (including phenoxy) is 2. The van der Waals surface area contributed by atoms with Gasteiger partial charge in [-0.2, -0.15) is 0 Å². The third-order valence-electron chi connectivity index (χ3n) is 9.84. The third-order valence-corrected chi connectivity index (χ3v) is 9.84. The van der Waals surface area contributed by atoms with Crippen LogP contribution in [0.5, 0.6) is 0 Å². The highest BCUT2D eigenvalue weighted by atomic mass is 16.5. The van der Waals surface area contributed by atoms with Crippen LogP contribution in [0.15, 0.2) is 36.5 Å². The van der Waals surface area contributed by atoms with Gasteiger partial charge >= 0.3 is 0 Å². The number of allylic oxidation sites excluding steroid dienone is 6. The van der Waals surface area contributed by atoms with Crippen molar-refractivity contribution in [2.24, 2.45) is 29.6 Å². The van der Waals surface area contributed by atoms with E-state index in [1.54, 1.807) is 40.0 Å². The summed E-state index contributed by atoms with van der Waals surface area (Å²) in [5.41, 5.74) is 0. The zero-order chi connectivity index (χ0) is 35.3. The van der Waals surface area contributed by atoms with Gasteiger partial charge in [-0.25, -0.2) is 0 Å². The van der Waals surface area contributed by atoms with Gasteiger partial charge in [-0.1, -0.05) is 91.3 Å². The van der Waals surface area contributed by atoms with E-state index in [2.05, 4.69) is 36.6 Å². The van der Waals surface area contributed by atoms with E-state index >= 15 is 0 Å². The molecule has 2 rings (SSSR count). The Morgan fingerprint density at radius 3 is 2.11 bits per heavy atom. The number of nitrogens with zero attached hydrogens (tertiary/aromatic N) is 2. The summed E-state index contributed by atoms with van der Waals surface area (Å²) in [6, 6.07) is -1.33. The summed E-state index contributed by atoms with van der Waals surface area (Å²) in [7, 11) is 4.92. The molecule has 266 valence electrons. The summed E-state index contributed by atoms with van der Waals surface area (Å²) in [5.74, 6) is -1.08. The second-order valence-corrected chi connectivity index (χ2v) is 13.9. The van der Waals surface area contributed by atoms with Gasteiger partial charge < -0.3 is 29.9 Å². The van der Waals surface area contributed by atoms with Crippen molar-refractivity contribution in [1.82, 2.24) is 20.4 Å². The van der Waals surface area contributed by atoms with Gasteiger partial charge in [-0.15, -0.1) is 0 Å². The van der Waals surface area contributed by atoms with Gasteiger partial charge in [-0.3, -0.25) is 19.2 Å². The molecular weight excluding hydrogens is 596 g/mol. The molecule has 0 aromatic heterocycles. The minimum Gasteiger partial charge on any atom is -0.379 e. The molecule has 47 heavy (non-hydrogen) atoms. The number of hydrogen-bond acceptors (Lipinski definition) is 6. The minimum absolute atomic E-state index is 0.0281. The van der Waals surface area contributed by atoms with Crippen LogP contribution in [0, 0.1) is 29.6 Å². The van der Waals surface area contributed by atoms with Gasteiger partial charge in [0.25, 0.3) is 0 Å². The normalized spacial score (nSPS) is 20.4. The van der Waals surface area contributed by atoms with Crippen molar-refractivity contribution in [2.45, 2.75) is 111 Å². The molecule has 2 aliphatic rings. The molecule has 0 spiro atoms. The lowest BCUT2D eigenvalue weighted by Crippen LogP contribution is -2.58. The number of amides is 4. The van der Waals surface area contributed by atoms with E-state index in [0.29, 0.717) is 13.1 Å². The Labute approximate surface area is 283 Å². The monoisotopic (exact) mass is 658 g/mol. The molecule has 0 saturated carbocycles. The first-order valence-corrected chi connectivity index (χ1v) is 17.5. The molecule has 0 unspecified atom stereocenters. The number of rotatable bonds is 18. The Hall–Kier alpha value is -2.98. The zero-order valence-corrected chi connectivity index (χ0v) is 30.5. The first-order chi connectivity index (χ1) is 22.3. The van der Waals surface area contributed by atoms with E-state index < -0.39 is 30.2 Å². The van der Waals surface area contributed by atoms with E-state index in [1.165, 1.54) is 0 Å². The van der Waals surface area contributed by atoms with Crippen LogP contribution < -0.4 is 10.6 Å². The van der Waals surface area contributed by atoms with E-state index in [1.807, 2.05) is 50.0 Å². The first-order valence-electron chi connectivity index (χ1n) is 17.5. The lowest BCUT2D eigenvalue weighted by atomic mass is 9.89. The predicted octanol–water partition coefficient (Wildman–Crippen LogP) is 4.51. The maximum atomic E-state index is 14.0. The van der Waals surface area contributed by atoms with Crippen molar-refractivity contribution in [3.63, 3.8) is 0 Å². The number of carbonyl (C=O) groups excluding carboxylic acids is 4. The number of methoxy groups -OCH3 is 2. The Bertz CT molecular complexity index is 1100. The summed E-state index contributed by atoms with van der Waals surface area (Å²) >= 11 is 0. The average Bonchev–Trinajstić information content (AvgIpc) is 3.38. The number of hydrogen-bond donors (Lipinski definition) is 2. The summed E-state index contributed by atoms with van der Waals surface area (Å²) < 4.78 is 11.9. The highest BCUT2D eigenvalue weighted by Crippen LogP contribution is 2.29. The predicted molar refractivity (Wildman–Crippen MR) is 186 cm³/mol. The molecule has 0 radical (unpaired) electrons. The molecule has 10 nitrogen and oxygen atoms in total. The Balaban J connectivity index is 2.16. The smallest absolute Gasteiger partial charge is 0.245 e. The number of likely N-dealkylation sites (tertiary alicyclic amines) is 1.